The largest absolute Gasteiger partial charge is 2.00 e. The number of hydrogen-bond donors (Lipinski definition) is 4. The van der Waals surface area contributed by atoms with Crippen molar-refractivity contribution < 1.29 is 36.3 Å². The number of nitrogens with two attached hydrogens (primary N) is 2. The second kappa shape index (κ2) is 12.1. The molecule has 0 aliphatic heterocycles. The Morgan fingerprint density at radius 3 is 1.09 bits per heavy atom. The summed E-state index contributed by atoms with van der Waals surface area (Å²) in [6.45, 7) is -1.11. The molecular formula is C4H10N2NiO4+2. The predicted octanol–water partition coefficient (Wildman–Crippen LogP) is -3.07. The van der Waals surface area contributed by atoms with Crippen LogP contribution in [0.3, 0.4) is 0 Å². The number of aliphatic hydroxyl groups is 2. The van der Waals surface area contributed by atoms with Gasteiger partial charge in [0.05, 0.1) is 0 Å². The molecular weight excluding hydrogens is 199 g/mol. The number of aliphatic hydroxyl groups excluding tert-OH is 2. The summed E-state index contributed by atoms with van der Waals surface area (Å²) in [5.74, 6) is -1.38. The summed E-state index contributed by atoms with van der Waals surface area (Å²) in [7, 11) is 0. The monoisotopic (exact) mass is 208 g/mol. The van der Waals surface area contributed by atoms with Gasteiger partial charge in [0, 0.05) is 0 Å². The fraction of sp³-hybridized carbons (Fsp3) is 0.500. The van der Waals surface area contributed by atoms with Gasteiger partial charge in [-0.25, -0.2) is 0 Å². The number of primary amides is 2. The zero-order valence-corrected chi connectivity index (χ0v) is 6.58. The van der Waals surface area contributed by atoms with E-state index in [1.165, 1.54) is 0 Å². The van der Waals surface area contributed by atoms with Crippen molar-refractivity contribution in [3.63, 3.8) is 0 Å². The van der Waals surface area contributed by atoms with Gasteiger partial charge in [0.25, 0.3) is 0 Å². The molecule has 0 aromatic heterocycles. The van der Waals surface area contributed by atoms with Crippen LogP contribution in [0.1, 0.15) is 0 Å². The Labute approximate surface area is 73.5 Å². The minimum atomic E-state index is -0.690. The van der Waals surface area contributed by atoms with Crippen LogP contribution in [0, 0.1) is 0 Å². The Balaban J connectivity index is -0.000000107. The van der Waals surface area contributed by atoms with E-state index < -0.39 is 25.0 Å². The Morgan fingerprint density at radius 1 is 1.00 bits per heavy atom. The van der Waals surface area contributed by atoms with Gasteiger partial charge in [-0.2, -0.15) is 0 Å². The van der Waals surface area contributed by atoms with E-state index in [0.717, 1.165) is 0 Å². The Bertz CT molecular complexity index is 105. The van der Waals surface area contributed by atoms with Crippen LogP contribution < -0.4 is 11.5 Å². The summed E-state index contributed by atoms with van der Waals surface area (Å²) in [6.07, 6.45) is 0. The van der Waals surface area contributed by atoms with Crippen molar-refractivity contribution in [2.24, 2.45) is 11.5 Å². The van der Waals surface area contributed by atoms with Gasteiger partial charge < -0.3 is 21.7 Å². The first-order valence-electron chi connectivity index (χ1n) is 2.33. The molecule has 0 bridgehead atoms. The van der Waals surface area contributed by atoms with Crippen LogP contribution in [-0.4, -0.2) is 35.2 Å². The smallest absolute Gasteiger partial charge is 0.387 e. The molecule has 0 aliphatic rings. The number of amides is 2. The van der Waals surface area contributed by atoms with Crippen molar-refractivity contribution in [2.45, 2.75) is 0 Å². The molecule has 0 saturated carbocycles. The molecule has 11 heavy (non-hydrogen) atoms. The molecule has 68 valence electrons. The molecule has 0 heterocycles. The molecule has 0 fully saturated rings. The van der Waals surface area contributed by atoms with Crippen LogP contribution in [0.2, 0.25) is 0 Å². The first-order valence-corrected chi connectivity index (χ1v) is 2.33. The third-order valence-electron chi connectivity index (χ3n) is 0.312. The van der Waals surface area contributed by atoms with E-state index in [1.807, 2.05) is 0 Å². The number of rotatable bonds is 2. The van der Waals surface area contributed by atoms with Crippen molar-refractivity contribution in [1.82, 2.24) is 0 Å². The molecule has 0 saturated heterocycles. The van der Waals surface area contributed by atoms with Gasteiger partial charge in [0.1, 0.15) is 13.2 Å². The zero-order valence-electron chi connectivity index (χ0n) is 5.60. The molecule has 0 radical (unpaired) electrons. The molecule has 6 nitrogen and oxygen atoms in total. The summed E-state index contributed by atoms with van der Waals surface area (Å²) in [6, 6.07) is 0. The third kappa shape index (κ3) is 45.0. The summed E-state index contributed by atoms with van der Waals surface area (Å²) < 4.78 is 0. The average molecular weight is 209 g/mol. The van der Waals surface area contributed by atoms with Gasteiger partial charge in [-0.15, -0.1) is 0 Å². The molecule has 0 aromatic rings. The molecule has 0 unspecified atom stereocenters. The fourth-order valence-corrected chi connectivity index (χ4v) is 0. The van der Waals surface area contributed by atoms with Crippen molar-refractivity contribution in [1.29, 1.82) is 0 Å². The van der Waals surface area contributed by atoms with Crippen molar-refractivity contribution in [3.8, 4) is 0 Å². The van der Waals surface area contributed by atoms with Gasteiger partial charge in [0.15, 0.2) is 0 Å². The molecule has 0 aliphatic carbocycles. The SMILES string of the molecule is NC(=O)CO.NC(=O)CO.[Ni+2]. The Kier molecular flexibility index (Phi) is 18.4. The summed E-state index contributed by atoms with van der Waals surface area (Å²) in [5.41, 5.74) is 8.81. The maximum atomic E-state index is 9.34. The molecule has 0 rings (SSSR count). The van der Waals surface area contributed by atoms with Crippen LogP contribution in [0.15, 0.2) is 0 Å². The van der Waals surface area contributed by atoms with Gasteiger partial charge in [0.2, 0.25) is 11.8 Å². The van der Waals surface area contributed by atoms with Crippen LogP contribution in [0.5, 0.6) is 0 Å². The fourth-order valence-electron chi connectivity index (χ4n) is 0. The van der Waals surface area contributed by atoms with Gasteiger partial charge in [-0.05, 0) is 0 Å². The van der Waals surface area contributed by atoms with Crippen LogP contribution in [0.4, 0.5) is 0 Å². The average Bonchev–Trinajstić information content (AvgIpc) is 1.89. The summed E-state index contributed by atoms with van der Waals surface area (Å²) >= 11 is 0. The first kappa shape index (κ1) is 16.8. The molecule has 0 atom stereocenters. The van der Waals surface area contributed by atoms with E-state index in [9.17, 15) is 9.59 Å². The van der Waals surface area contributed by atoms with E-state index in [1.54, 1.807) is 0 Å². The van der Waals surface area contributed by atoms with Gasteiger partial charge in [-0.3, -0.25) is 9.59 Å². The van der Waals surface area contributed by atoms with E-state index in [2.05, 4.69) is 11.5 Å². The quantitative estimate of drug-likeness (QED) is 0.359. The molecule has 2 amide bonds. The van der Waals surface area contributed by atoms with E-state index in [0.29, 0.717) is 0 Å². The van der Waals surface area contributed by atoms with Gasteiger partial charge in [-0.1, -0.05) is 0 Å². The van der Waals surface area contributed by atoms with Crippen molar-refractivity contribution in [2.75, 3.05) is 13.2 Å². The Morgan fingerprint density at radius 2 is 1.09 bits per heavy atom. The number of carbonyl (C=O) groups excluding carboxylic acids is 2. The van der Waals surface area contributed by atoms with Crippen molar-refractivity contribution in [3.05, 3.63) is 0 Å². The third-order valence-corrected chi connectivity index (χ3v) is 0.312. The van der Waals surface area contributed by atoms with Crippen LogP contribution in [-0.2, 0) is 26.1 Å². The second-order valence-corrected chi connectivity index (χ2v) is 1.25. The van der Waals surface area contributed by atoms with E-state index in [4.69, 9.17) is 10.2 Å². The standard InChI is InChI=1S/2C2H5NO2.Ni/c2*3-2(5)1-4;/h2*4H,1H2,(H2,3,5);/q;;+2. The maximum absolute atomic E-state index is 9.34. The number of hydrogen-bond acceptors (Lipinski definition) is 4. The molecule has 0 aromatic carbocycles. The Hall–Kier alpha value is -0.646. The molecule has 7 heteroatoms. The maximum Gasteiger partial charge on any atom is 2.00 e. The van der Waals surface area contributed by atoms with Crippen LogP contribution in [0.25, 0.3) is 0 Å². The second-order valence-electron chi connectivity index (χ2n) is 1.25. The predicted molar refractivity (Wildman–Crippen MR) is 32.6 cm³/mol. The van der Waals surface area contributed by atoms with Gasteiger partial charge >= 0.3 is 16.5 Å². The topological polar surface area (TPSA) is 127 Å². The van der Waals surface area contributed by atoms with Crippen LogP contribution >= 0.6 is 0 Å². The zero-order chi connectivity index (χ0) is 8.57. The molecule has 6 N–H and O–H groups in total. The number of carbonyl (C=O) groups is 2. The minimum absolute atomic E-state index is 0. The minimum Gasteiger partial charge on any atom is -0.387 e. The summed E-state index contributed by atoms with van der Waals surface area (Å²) in [5, 5.41) is 15.3. The van der Waals surface area contributed by atoms with Crippen molar-refractivity contribution >= 4 is 11.8 Å². The first-order chi connectivity index (χ1) is 4.54. The molecule has 0 spiro atoms. The normalized spacial score (nSPS) is 6.73. The van der Waals surface area contributed by atoms with E-state index in [-0.39, 0.29) is 16.5 Å². The summed E-state index contributed by atoms with van der Waals surface area (Å²) in [4.78, 5) is 18.7. The van der Waals surface area contributed by atoms with E-state index >= 15 is 0 Å².